The number of nitro benzene ring substituents is 2. The third-order valence-corrected chi connectivity index (χ3v) is 3.60. The predicted octanol–water partition coefficient (Wildman–Crippen LogP) is 1.67. The van der Waals surface area contributed by atoms with Gasteiger partial charge in [-0.25, -0.2) is 0 Å². The lowest BCUT2D eigenvalue weighted by Gasteiger charge is -2.21. The van der Waals surface area contributed by atoms with Crippen molar-refractivity contribution in [2.24, 2.45) is 0 Å². The second-order valence-electron chi connectivity index (χ2n) is 5.31. The Labute approximate surface area is 136 Å². The van der Waals surface area contributed by atoms with Crippen LogP contribution in [0.15, 0.2) is 18.2 Å². The molecule has 0 bridgehead atoms. The van der Waals surface area contributed by atoms with Crippen molar-refractivity contribution in [3.8, 4) is 0 Å². The van der Waals surface area contributed by atoms with Crippen molar-refractivity contribution in [2.75, 3.05) is 13.7 Å². The van der Waals surface area contributed by atoms with Gasteiger partial charge in [-0.15, -0.1) is 0 Å². The topological polar surface area (TPSA) is 133 Å². The number of nitro groups is 2. The van der Waals surface area contributed by atoms with E-state index in [0.29, 0.717) is 0 Å². The second-order valence-corrected chi connectivity index (χ2v) is 5.31. The summed E-state index contributed by atoms with van der Waals surface area (Å²) in [4.78, 5) is 45.5. The molecule has 0 aliphatic heterocycles. The van der Waals surface area contributed by atoms with Crippen LogP contribution in [0.25, 0.3) is 0 Å². The highest BCUT2D eigenvalue weighted by atomic mass is 16.6. The van der Waals surface area contributed by atoms with E-state index in [4.69, 9.17) is 0 Å². The van der Waals surface area contributed by atoms with Gasteiger partial charge in [0.15, 0.2) is 0 Å². The first-order valence-electron chi connectivity index (χ1n) is 7.15. The van der Waals surface area contributed by atoms with Crippen LogP contribution in [-0.2, 0) is 9.53 Å². The third kappa shape index (κ3) is 4.03. The van der Waals surface area contributed by atoms with Gasteiger partial charge in [-0.3, -0.25) is 29.8 Å². The van der Waals surface area contributed by atoms with Gasteiger partial charge >= 0.3 is 5.97 Å². The van der Waals surface area contributed by atoms with E-state index in [1.165, 1.54) is 12.0 Å². The van der Waals surface area contributed by atoms with E-state index < -0.39 is 33.1 Å². The number of carbonyl (C=O) groups is 2. The van der Waals surface area contributed by atoms with Crippen LogP contribution in [0.5, 0.6) is 0 Å². The van der Waals surface area contributed by atoms with Crippen LogP contribution in [0.1, 0.15) is 29.6 Å². The summed E-state index contributed by atoms with van der Waals surface area (Å²) in [6.45, 7) is 0.0899. The predicted molar refractivity (Wildman–Crippen MR) is 80.4 cm³/mol. The molecule has 128 valence electrons. The highest BCUT2D eigenvalue weighted by molar-refractivity contribution is 5.96. The first-order valence-corrected chi connectivity index (χ1v) is 7.15. The Bertz CT molecular complexity index is 667. The molecular weight excluding hydrogens is 322 g/mol. The average molecular weight is 337 g/mol. The Morgan fingerprint density at radius 3 is 2.12 bits per heavy atom. The fourth-order valence-corrected chi connectivity index (χ4v) is 2.25. The van der Waals surface area contributed by atoms with E-state index in [-0.39, 0.29) is 24.6 Å². The number of non-ortho nitro benzene ring substituents is 2. The van der Waals surface area contributed by atoms with Crippen LogP contribution in [-0.4, -0.2) is 46.3 Å². The summed E-state index contributed by atoms with van der Waals surface area (Å²) in [6.07, 6.45) is 1.49. The molecule has 1 aliphatic carbocycles. The van der Waals surface area contributed by atoms with E-state index in [2.05, 4.69) is 4.74 Å². The maximum Gasteiger partial charge on any atom is 0.307 e. The Kier molecular flexibility index (Phi) is 5.07. The number of amides is 1. The van der Waals surface area contributed by atoms with Crippen LogP contribution in [0, 0.1) is 20.2 Å². The highest BCUT2D eigenvalue weighted by Gasteiger charge is 2.34. The number of carbonyl (C=O) groups excluding carboxylic acids is 2. The number of methoxy groups -OCH3 is 1. The zero-order valence-corrected chi connectivity index (χ0v) is 12.8. The molecule has 1 aliphatic rings. The largest absolute Gasteiger partial charge is 0.469 e. The quantitative estimate of drug-likeness (QED) is 0.420. The summed E-state index contributed by atoms with van der Waals surface area (Å²) in [6, 6.07) is 2.73. The average Bonchev–Trinajstić information content (AvgIpc) is 3.38. The molecule has 0 aromatic heterocycles. The summed E-state index contributed by atoms with van der Waals surface area (Å²) in [5, 5.41) is 21.8. The summed E-state index contributed by atoms with van der Waals surface area (Å²) in [5.74, 6) is -1.06. The monoisotopic (exact) mass is 337 g/mol. The minimum absolute atomic E-state index is 0.0181. The number of nitrogens with zero attached hydrogens (tertiary/aromatic N) is 3. The third-order valence-electron chi connectivity index (χ3n) is 3.60. The van der Waals surface area contributed by atoms with Gasteiger partial charge in [0, 0.05) is 24.7 Å². The molecular formula is C14H15N3O7. The molecule has 1 saturated carbocycles. The summed E-state index contributed by atoms with van der Waals surface area (Å²) < 4.78 is 4.53. The van der Waals surface area contributed by atoms with E-state index in [9.17, 15) is 29.8 Å². The van der Waals surface area contributed by atoms with Gasteiger partial charge in [0.1, 0.15) is 0 Å². The van der Waals surface area contributed by atoms with Gasteiger partial charge in [0.2, 0.25) is 0 Å². The molecule has 1 amide bonds. The molecule has 10 nitrogen and oxygen atoms in total. The maximum atomic E-state index is 12.6. The molecule has 0 spiro atoms. The number of hydrogen-bond acceptors (Lipinski definition) is 7. The lowest BCUT2D eigenvalue weighted by Crippen LogP contribution is -2.35. The zero-order chi connectivity index (χ0) is 17.9. The molecule has 24 heavy (non-hydrogen) atoms. The van der Waals surface area contributed by atoms with Crippen molar-refractivity contribution in [3.05, 3.63) is 44.0 Å². The minimum Gasteiger partial charge on any atom is -0.469 e. The lowest BCUT2D eigenvalue weighted by atomic mass is 10.1. The number of esters is 1. The van der Waals surface area contributed by atoms with Crippen LogP contribution < -0.4 is 0 Å². The van der Waals surface area contributed by atoms with Gasteiger partial charge in [0.25, 0.3) is 17.3 Å². The summed E-state index contributed by atoms with van der Waals surface area (Å²) >= 11 is 0. The molecule has 0 N–H and O–H groups in total. The van der Waals surface area contributed by atoms with E-state index in [1.807, 2.05) is 0 Å². The van der Waals surface area contributed by atoms with Crippen molar-refractivity contribution >= 4 is 23.3 Å². The van der Waals surface area contributed by atoms with Crippen molar-refractivity contribution < 1.29 is 24.2 Å². The SMILES string of the molecule is COC(=O)CCN(C(=O)c1cc([N+](=O)[O-])cc([N+](=O)[O-])c1)C1CC1. The molecule has 0 unspecified atom stereocenters. The molecule has 10 heteroatoms. The van der Waals surface area contributed by atoms with Crippen LogP contribution >= 0.6 is 0 Å². The number of ether oxygens (including phenoxy) is 1. The van der Waals surface area contributed by atoms with E-state index >= 15 is 0 Å². The van der Waals surface area contributed by atoms with Crippen LogP contribution in [0.2, 0.25) is 0 Å². The fourth-order valence-electron chi connectivity index (χ4n) is 2.25. The molecule has 2 rings (SSSR count). The molecule has 1 aromatic rings. The Morgan fingerprint density at radius 2 is 1.71 bits per heavy atom. The minimum atomic E-state index is -0.792. The summed E-state index contributed by atoms with van der Waals surface area (Å²) in [5.41, 5.74) is -1.21. The first kappa shape index (κ1) is 17.3. The molecule has 0 radical (unpaired) electrons. The Balaban J connectivity index is 2.29. The maximum absolute atomic E-state index is 12.6. The number of rotatable bonds is 7. The van der Waals surface area contributed by atoms with Gasteiger partial charge in [-0.1, -0.05) is 0 Å². The van der Waals surface area contributed by atoms with Crippen molar-refractivity contribution in [3.63, 3.8) is 0 Å². The molecule has 1 fully saturated rings. The van der Waals surface area contributed by atoms with Crippen molar-refractivity contribution in [1.29, 1.82) is 0 Å². The van der Waals surface area contributed by atoms with Gasteiger partial charge in [-0.2, -0.15) is 0 Å². The highest BCUT2D eigenvalue weighted by Crippen LogP contribution is 2.30. The molecule has 0 heterocycles. The van der Waals surface area contributed by atoms with Gasteiger partial charge < -0.3 is 9.64 Å². The molecule has 0 atom stereocenters. The molecule has 1 aromatic carbocycles. The summed E-state index contributed by atoms with van der Waals surface area (Å²) in [7, 11) is 1.23. The van der Waals surface area contributed by atoms with Crippen molar-refractivity contribution in [1.82, 2.24) is 4.90 Å². The van der Waals surface area contributed by atoms with E-state index in [0.717, 1.165) is 31.0 Å². The van der Waals surface area contributed by atoms with Crippen molar-refractivity contribution in [2.45, 2.75) is 25.3 Å². The number of hydrogen-bond donors (Lipinski definition) is 0. The van der Waals surface area contributed by atoms with Crippen LogP contribution in [0.3, 0.4) is 0 Å². The van der Waals surface area contributed by atoms with Gasteiger partial charge in [-0.05, 0) is 12.8 Å². The lowest BCUT2D eigenvalue weighted by molar-refractivity contribution is -0.394. The zero-order valence-electron chi connectivity index (χ0n) is 12.8. The Morgan fingerprint density at radius 1 is 1.17 bits per heavy atom. The normalized spacial score (nSPS) is 13.2. The fraction of sp³-hybridized carbons (Fsp3) is 0.429. The molecule has 0 saturated heterocycles. The van der Waals surface area contributed by atoms with Gasteiger partial charge in [0.05, 0.1) is 35.0 Å². The van der Waals surface area contributed by atoms with E-state index in [1.54, 1.807) is 0 Å². The Hall–Kier alpha value is -3.04. The standard InChI is InChI=1S/C14H15N3O7/c1-24-13(18)4-5-15(10-2-3-10)14(19)9-6-11(16(20)21)8-12(7-9)17(22)23/h6-8,10H,2-5H2,1H3. The van der Waals surface area contributed by atoms with Crippen LogP contribution in [0.4, 0.5) is 11.4 Å². The smallest absolute Gasteiger partial charge is 0.307 e. The first-order chi connectivity index (χ1) is 11.3. The number of benzene rings is 1. The second kappa shape index (κ2) is 7.02.